The number of pyridine rings is 2. The minimum atomic E-state index is -0.776. The monoisotopic (exact) mass is 275 g/mol. The Kier molecular flexibility index (Phi) is 2.69. The third-order valence-corrected chi connectivity index (χ3v) is 3.59. The van der Waals surface area contributed by atoms with Gasteiger partial charge in [0.1, 0.15) is 11.8 Å². The van der Waals surface area contributed by atoms with Crippen molar-refractivity contribution in [1.82, 2.24) is 14.4 Å². The highest BCUT2D eigenvalue weighted by Gasteiger charge is 2.15. The van der Waals surface area contributed by atoms with Gasteiger partial charge in [-0.3, -0.25) is 4.98 Å². The molecule has 0 radical (unpaired) electrons. The molecule has 0 amide bonds. The summed E-state index contributed by atoms with van der Waals surface area (Å²) in [6.07, 6.45) is 4.69. The maximum absolute atomic E-state index is 10.5. The van der Waals surface area contributed by atoms with Crippen LogP contribution in [0.2, 0.25) is 0 Å². The van der Waals surface area contributed by atoms with E-state index in [0.29, 0.717) is 5.69 Å². The van der Waals surface area contributed by atoms with Gasteiger partial charge < -0.3 is 9.51 Å². The van der Waals surface area contributed by atoms with Crippen LogP contribution in [0, 0.1) is 0 Å². The summed E-state index contributed by atoms with van der Waals surface area (Å²) in [6, 6.07) is 15.6. The number of hydrogen-bond donors (Lipinski definition) is 1. The predicted octanol–water partition coefficient (Wildman–Crippen LogP) is 2.96. The van der Waals surface area contributed by atoms with Gasteiger partial charge in [0, 0.05) is 29.5 Å². The molecule has 4 heteroatoms. The molecule has 1 N–H and O–H groups in total. The molecule has 4 nitrogen and oxygen atoms in total. The molecule has 21 heavy (non-hydrogen) atoms. The smallest absolute Gasteiger partial charge is 0.137 e. The van der Waals surface area contributed by atoms with Crippen LogP contribution in [0.1, 0.15) is 17.4 Å². The second kappa shape index (κ2) is 4.68. The van der Waals surface area contributed by atoms with Crippen LogP contribution in [0.5, 0.6) is 0 Å². The summed E-state index contributed by atoms with van der Waals surface area (Å²) in [5.74, 6) is 0. The molecular formula is C17H13N3O. The van der Waals surface area contributed by atoms with E-state index in [-0.39, 0.29) is 0 Å². The zero-order valence-electron chi connectivity index (χ0n) is 11.2. The molecule has 0 aliphatic carbocycles. The molecule has 0 saturated heterocycles. The van der Waals surface area contributed by atoms with Gasteiger partial charge in [0.25, 0.3) is 0 Å². The van der Waals surface area contributed by atoms with Gasteiger partial charge in [-0.1, -0.05) is 24.3 Å². The van der Waals surface area contributed by atoms with Crippen molar-refractivity contribution in [2.45, 2.75) is 6.10 Å². The molecule has 0 saturated carbocycles. The van der Waals surface area contributed by atoms with Gasteiger partial charge in [0.15, 0.2) is 0 Å². The Morgan fingerprint density at radius 2 is 1.90 bits per heavy atom. The van der Waals surface area contributed by atoms with Crippen LogP contribution in [0.4, 0.5) is 0 Å². The first kappa shape index (κ1) is 12.1. The van der Waals surface area contributed by atoms with Crippen LogP contribution in [0.25, 0.3) is 16.6 Å². The van der Waals surface area contributed by atoms with Gasteiger partial charge in [-0.05, 0) is 24.3 Å². The molecule has 0 aliphatic heterocycles. The molecule has 1 unspecified atom stereocenters. The minimum Gasteiger partial charge on any atom is -0.382 e. The SMILES string of the molecule is OC(c1cnc2ccccc2c1)c1cn2ccccc2n1. The molecule has 102 valence electrons. The van der Waals surface area contributed by atoms with Crippen molar-refractivity contribution in [3.05, 3.63) is 78.4 Å². The van der Waals surface area contributed by atoms with Gasteiger partial charge in [0.2, 0.25) is 0 Å². The highest BCUT2D eigenvalue weighted by atomic mass is 16.3. The second-order valence-corrected chi connectivity index (χ2v) is 5.00. The third-order valence-electron chi connectivity index (χ3n) is 3.59. The lowest BCUT2D eigenvalue weighted by atomic mass is 10.1. The number of benzene rings is 1. The lowest BCUT2D eigenvalue weighted by Gasteiger charge is -2.08. The fraction of sp³-hybridized carbons (Fsp3) is 0.0588. The normalized spacial score (nSPS) is 12.8. The average Bonchev–Trinajstić information content (AvgIpc) is 2.97. The van der Waals surface area contributed by atoms with Crippen LogP contribution in [-0.4, -0.2) is 19.5 Å². The molecule has 4 rings (SSSR count). The van der Waals surface area contributed by atoms with E-state index in [4.69, 9.17) is 0 Å². The number of aliphatic hydroxyl groups is 1. The molecule has 3 heterocycles. The van der Waals surface area contributed by atoms with Crippen LogP contribution in [-0.2, 0) is 0 Å². The lowest BCUT2D eigenvalue weighted by molar-refractivity contribution is 0.216. The van der Waals surface area contributed by atoms with Crippen LogP contribution in [0.15, 0.2) is 67.1 Å². The van der Waals surface area contributed by atoms with Crippen molar-refractivity contribution in [3.63, 3.8) is 0 Å². The Hall–Kier alpha value is -2.72. The highest BCUT2D eigenvalue weighted by molar-refractivity contribution is 5.78. The van der Waals surface area contributed by atoms with Crippen LogP contribution < -0.4 is 0 Å². The Balaban J connectivity index is 1.79. The van der Waals surface area contributed by atoms with E-state index >= 15 is 0 Å². The number of rotatable bonds is 2. The number of imidazole rings is 1. The quantitative estimate of drug-likeness (QED) is 0.612. The van der Waals surface area contributed by atoms with Crippen molar-refractivity contribution in [2.24, 2.45) is 0 Å². The number of para-hydroxylation sites is 1. The Labute approximate surface area is 121 Å². The number of aromatic nitrogens is 3. The molecule has 4 aromatic rings. The lowest BCUT2D eigenvalue weighted by Crippen LogP contribution is -2.00. The summed E-state index contributed by atoms with van der Waals surface area (Å²) in [5.41, 5.74) is 3.11. The maximum Gasteiger partial charge on any atom is 0.137 e. The molecule has 1 atom stereocenters. The van der Waals surface area contributed by atoms with Crippen molar-refractivity contribution in [3.8, 4) is 0 Å². The van der Waals surface area contributed by atoms with Crippen LogP contribution >= 0.6 is 0 Å². The van der Waals surface area contributed by atoms with Crippen molar-refractivity contribution in [2.75, 3.05) is 0 Å². The first-order chi connectivity index (χ1) is 10.3. The molecule has 1 aromatic carbocycles. The van der Waals surface area contributed by atoms with Crippen molar-refractivity contribution >= 4 is 16.6 Å². The Bertz CT molecular complexity index is 896. The van der Waals surface area contributed by atoms with Crippen molar-refractivity contribution in [1.29, 1.82) is 0 Å². The molecule has 3 aromatic heterocycles. The van der Waals surface area contributed by atoms with E-state index in [1.54, 1.807) is 6.20 Å². The molecule has 0 bridgehead atoms. The largest absolute Gasteiger partial charge is 0.382 e. The predicted molar refractivity (Wildman–Crippen MR) is 81.0 cm³/mol. The van der Waals surface area contributed by atoms with Gasteiger partial charge in [0.05, 0.1) is 11.2 Å². The van der Waals surface area contributed by atoms with Gasteiger partial charge in [-0.15, -0.1) is 0 Å². The maximum atomic E-state index is 10.5. The summed E-state index contributed by atoms with van der Waals surface area (Å²) in [6.45, 7) is 0. The minimum absolute atomic E-state index is 0.623. The number of aliphatic hydroxyl groups excluding tert-OH is 1. The van der Waals surface area contributed by atoms with E-state index in [2.05, 4.69) is 9.97 Å². The molecule has 0 spiro atoms. The van der Waals surface area contributed by atoms with E-state index in [1.165, 1.54) is 0 Å². The second-order valence-electron chi connectivity index (χ2n) is 5.00. The van der Waals surface area contributed by atoms with Gasteiger partial charge in [-0.2, -0.15) is 0 Å². The van der Waals surface area contributed by atoms with Crippen LogP contribution in [0.3, 0.4) is 0 Å². The number of fused-ring (bicyclic) bond motifs is 2. The molecular weight excluding hydrogens is 262 g/mol. The third kappa shape index (κ3) is 2.06. The fourth-order valence-corrected chi connectivity index (χ4v) is 2.49. The summed E-state index contributed by atoms with van der Waals surface area (Å²) in [5, 5.41) is 11.5. The first-order valence-electron chi connectivity index (χ1n) is 6.78. The number of nitrogens with zero attached hydrogens (tertiary/aromatic N) is 3. The summed E-state index contributed by atoms with van der Waals surface area (Å²) in [7, 11) is 0. The topological polar surface area (TPSA) is 50.4 Å². The van der Waals surface area contributed by atoms with E-state index in [0.717, 1.165) is 22.1 Å². The average molecular weight is 275 g/mol. The Morgan fingerprint density at radius 1 is 1.05 bits per heavy atom. The standard InChI is InChI=1S/C17H13N3O/c21-17(15-11-20-8-4-3-7-16(20)19-15)13-9-12-5-1-2-6-14(12)18-10-13/h1-11,17,21H. The highest BCUT2D eigenvalue weighted by Crippen LogP contribution is 2.23. The van der Waals surface area contributed by atoms with Gasteiger partial charge in [-0.25, -0.2) is 4.98 Å². The van der Waals surface area contributed by atoms with E-state index in [9.17, 15) is 5.11 Å². The summed E-state index contributed by atoms with van der Waals surface area (Å²) >= 11 is 0. The van der Waals surface area contributed by atoms with Gasteiger partial charge >= 0.3 is 0 Å². The molecule has 0 aliphatic rings. The summed E-state index contributed by atoms with van der Waals surface area (Å²) < 4.78 is 1.90. The Morgan fingerprint density at radius 3 is 2.81 bits per heavy atom. The fourth-order valence-electron chi connectivity index (χ4n) is 2.49. The van der Waals surface area contributed by atoms with E-state index in [1.807, 2.05) is 65.3 Å². The zero-order valence-corrected chi connectivity index (χ0v) is 11.2. The first-order valence-corrected chi connectivity index (χ1v) is 6.78. The number of hydrogen-bond acceptors (Lipinski definition) is 3. The van der Waals surface area contributed by atoms with E-state index < -0.39 is 6.10 Å². The summed E-state index contributed by atoms with van der Waals surface area (Å²) in [4.78, 5) is 8.84. The van der Waals surface area contributed by atoms with Crippen molar-refractivity contribution < 1.29 is 5.11 Å². The zero-order chi connectivity index (χ0) is 14.2. The molecule has 0 fully saturated rings.